The van der Waals surface area contributed by atoms with Crippen LogP contribution in [0, 0.1) is 0 Å². The van der Waals surface area contributed by atoms with Crippen LogP contribution in [0.25, 0.3) is 11.8 Å². The Morgan fingerprint density at radius 1 is 1.20 bits per heavy atom. The van der Waals surface area contributed by atoms with Crippen LogP contribution in [-0.4, -0.2) is 46.3 Å². The van der Waals surface area contributed by atoms with Crippen molar-refractivity contribution in [2.45, 2.75) is 19.9 Å². The first kappa shape index (κ1) is 21.1. The van der Waals surface area contributed by atoms with Gasteiger partial charge in [-0.15, -0.1) is 0 Å². The summed E-state index contributed by atoms with van der Waals surface area (Å²) < 4.78 is 12.6. The van der Waals surface area contributed by atoms with Crippen molar-refractivity contribution < 1.29 is 14.3 Å². The molecular formula is C23H26N4O3. The maximum absolute atomic E-state index is 12.7. The molecule has 30 heavy (non-hydrogen) atoms. The molecule has 7 nitrogen and oxygen atoms in total. The van der Waals surface area contributed by atoms with E-state index in [9.17, 15) is 4.79 Å². The Kier molecular flexibility index (Phi) is 6.85. The summed E-state index contributed by atoms with van der Waals surface area (Å²) in [5.41, 5.74) is 2.82. The van der Waals surface area contributed by atoms with Gasteiger partial charge in [0.1, 0.15) is 12.7 Å². The van der Waals surface area contributed by atoms with Crippen molar-refractivity contribution in [2.24, 2.45) is 0 Å². The SMILES string of the molecule is CCOc1cc(/C=C/C(=O)N(C)C(C)c2ccc(-n3cncn3)cc2)ccc1OC. The van der Waals surface area contributed by atoms with E-state index < -0.39 is 0 Å². The van der Waals surface area contributed by atoms with Gasteiger partial charge in [-0.05, 0) is 55.3 Å². The summed E-state index contributed by atoms with van der Waals surface area (Å²) in [6.07, 6.45) is 6.49. The van der Waals surface area contributed by atoms with E-state index in [0.29, 0.717) is 18.1 Å². The van der Waals surface area contributed by atoms with E-state index in [1.54, 1.807) is 42.2 Å². The molecule has 1 atom stereocenters. The van der Waals surface area contributed by atoms with Crippen molar-refractivity contribution in [3.8, 4) is 17.2 Å². The fourth-order valence-electron chi connectivity index (χ4n) is 3.01. The Labute approximate surface area is 176 Å². The normalized spacial score (nSPS) is 12.0. The second-order valence-electron chi connectivity index (χ2n) is 6.73. The molecular weight excluding hydrogens is 380 g/mol. The van der Waals surface area contributed by atoms with E-state index in [0.717, 1.165) is 16.8 Å². The molecule has 7 heteroatoms. The smallest absolute Gasteiger partial charge is 0.246 e. The molecule has 0 N–H and O–H groups in total. The number of carbonyl (C=O) groups is 1. The number of amides is 1. The zero-order valence-corrected chi connectivity index (χ0v) is 17.6. The van der Waals surface area contributed by atoms with Crippen molar-refractivity contribution in [2.75, 3.05) is 20.8 Å². The van der Waals surface area contributed by atoms with E-state index in [-0.39, 0.29) is 11.9 Å². The highest BCUT2D eigenvalue weighted by Gasteiger charge is 2.15. The summed E-state index contributed by atoms with van der Waals surface area (Å²) in [4.78, 5) is 18.3. The Bertz CT molecular complexity index is 998. The molecule has 3 aromatic rings. The monoisotopic (exact) mass is 406 g/mol. The molecule has 0 aliphatic rings. The lowest BCUT2D eigenvalue weighted by Crippen LogP contribution is -2.27. The maximum atomic E-state index is 12.7. The van der Waals surface area contributed by atoms with Gasteiger partial charge < -0.3 is 14.4 Å². The largest absolute Gasteiger partial charge is 0.493 e. The van der Waals surface area contributed by atoms with E-state index in [1.807, 2.05) is 56.3 Å². The maximum Gasteiger partial charge on any atom is 0.246 e. The van der Waals surface area contributed by atoms with Crippen LogP contribution >= 0.6 is 0 Å². The van der Waals surface area contributed by atoms with Crippen LogP contribution < -0.4 is 9.47 Å². The lowest BCUT2D eigenvalue weighted by Gasteiger charge is -2.24. The minimum Gasteiger partial charge on any atom is -0.493 e. The number of carbonyl (C=O) groups excluding carboxylic acids is 1. The minimum atomic E-state index is -0.0865. The van der Waals surface area contributed by atoms with Gasteiger partial charge in [0.2, 0.25) is 5.91 Å². The van der Waals surface area contributed by atoms with Crippen LogP contribution in [0.2, 0.25) is 0 Å². The Hall–Kier alpha value is -3.61. The van der Waals surface area contributed by atoms with E-state index >= 15 is 0 Å². The van der Waals surface area contributed by atoms with Crippen LogP contribution in [0.4, 0.5) is 0 Å². The third kappa shape index (κ3) is 4.86. The molecule has 0 saturated carbocycles. The van der Waals surface area contributed by atoms with Gasteiger partial charge >= 0.3 is 0 Å². The molecule has 1 amide bonds. The predicted octanol–water partition coefficient (Wildman–Crippen LogP) is 3.91. The standard InChI is InChI=1S/C23H26N4O3/c1-5-30-22-14-18(6-12-21(22)29-4)7-13-23(28)26(3)17(2)19-8-10-20(11-9-19)27-16-24-15-25-27/h6-17H,5H2,1-4H3/b13-7+. The second kappa shape index (κ2) is 9.73. The van der Waals surface area contributed by atoms with Gasteiger partial charge in [-0.1, -0.05) is 18.2 Å². The van der Waals surface area contributed by atoms with Crippen LogP contribution in [0.3, 0.4) is 0 Å². The average molecular weight is 406 g/mol. The molecule has 3 rings (SSSR count). The first-order valence-electron chi connectivity index (χ1n) is 9.74. The van der Waals surface area contributed by atoms with Gasteiger partial charge in [-0.25, -0.2) is 9.67 Å². The van der Waals surface area contributed by atoms with Gasteiger partial charge in [0, 0.05) is 13.1 Å². The summed E-state index contributed by atoms with van der Waals surface area (Å²) in [5.74, 6) is 1.24. The summed E-state index contributed by atoms with van der Waals surface area (Å²) in [7, 11) is 3.40. The summed E-state index contributed by atoms with van der Waals surface area (Å²) in [5, 5.41) is 4.12. The van der Waals surface area contributed by atoms with Gasteiger partial charge in [0.15, 0.2) is 11.5 Å². The highest BCUT2D eigenvalue weighted by atomic mass is 16.5. The van der Waals surface area contributed by atoms with Crippen molar-refractivity contribution >= 4 is 12.0 Å². The fraction of sp³-hybridized carbons (Fsp3) is 0.261. The highest BCUT2D eigenvalue weighted by molar-refractivity contribution is 5.92. The number of nitrogens with zero attached hydrogens (tertiary/aromatic N) is 4. The van der Waals surface area contributed by atoms with Crippen molar-refractivity contribution in [1.29, 1.82) is 0 Å². The number of benzene rings is 2. The minimum absolute atomic E-state index is 0.0817. The van der Waals surface area contributed by atoms with E-state index in [2.05, 4.69) is 10.1 Å². The highest BCUT2D eigenvalue weighted by Crippen LogP contribution is 2.28. The molecule has 0 aliphatic carbocycles. The molecule has 0 saturated heterocycles. The number of hydrogen-bond acceptors (Lipinski definition) is 5. The summed E-state index contributed by atoms with van der Waals surface area (Å²) in [6, 6.07) is 13.4. The quantitative estimate of drug-likeness (QED) is 0.531. The first-order valence-corrected chi connectivity index (χ1v) is 9.74. The number of likely N-dealkylation sites (N-methyl/N-ethyl adjacent to an activating group) is 1. The molecule has 0 spiro atoms. The van der Waals surface area contributed by atoms with Crippen LogP contribution in [-0.2, 0) is 4.79 Å². The van der Waals surface area contributed by atoms with Crippen LogP contribution in [0.5, 0.6) is 11.5 Å². The molecule has 0 bridgehead atoms. The molecule has 2 aromatic carbocycles. The average Bonchev–Trinajstić information content (AvgIpc) is 3.32. The lowest BCUT2D eigenvalue weighted by atomic mass is 10.1. The van der Waals surface area contributed by atoms with Gasteiger partial charge in [0.05, 0.1) is 25.4 Å². The topological polar surface area (TPSA) is 69.5 Å². The Morgan fingerprint density at radius 2 is 1.97 bits per heavy atom. The predicted molar refractivity (Wildman–Crippen MR) is 116 cm³/mol. The fourth-order valence-corrected chi connectivity index (χ4v) is 3.01. The number of aromatic nitrogens is 3. The van der Waals surface area contributed by atoms with Crippen molar-refractivity contribution in [3.05, 3.63) is 72.3 Å². The molecule has 156 valence electrons. The van der Waals surface area contributed by atoms with Crippen LogP contribution in [0.15, 0.2) is 61.2 Å². The first-order chi connectivity index (χ1) is 14.5. The van der Waals surface area contributed by atoms with Gasteiger partial charge in [0.25, 0.3) is 0 Å². The molecule has 1 unspecified atom stereocenters. The lowest BCUT2D eigenvalue weighted by molar-refractivity contribution is -0.126. The second-order valence-corrected chi connectivity index (χ2v) is 6.73. The molecule has 0 aliphatic heterocycles. The third-order valence-corrected chi connectivity index (χ3v) is 4.89. The van der Waals surface area contributed by atoms with Gasteiger partial charge in [-0.2, -0.15) is 5.10 Å². The third-order valence-electron chi connectivity index (χ3n) is 4.89. The van der Waals surface area contributed by atoms with Crippen molar-refractivity contribution in [3.63, 3.8) is 0 Å². The number of rotatable bonds is 8. The van der Waals surface area contributed by atoms with E-state index in [4.69, 9.17) is 9.47 Å². The van der Waals surface area contributed by atoms with Crippen LogP contribution in [0.1, 0.15) is 31.0 Å². The molecule has 1 aromatic heterocycles. The Balaban J connectivity index is 1.68. The van der Waals surface area contributed by atoms with Gasteiger partial charge in [-0.3, -0.25) is 4.79 Å². The zero-order valence-electron chi connectivity index (χ0n) is 17.6. The van der Waals surface area contributed by atoms with Crippen molar-refractivity contribution in [1.82, 2.24) is 19.7 Å². The van der Waals surface area contributed by atoms with E-state index in [1.165, 1.54) is 6.33 Å². The zero-order chi connectivity index (χ0) is 21.5. The molecule has 1 heterocycles. The Morgan fingerprint density at radius 3 is 2.60 bits per heavy atom. The molecule has 0 fully saturated rings. The summed E-state index contributed by atoms with van der Waals surface area (Å²) in [6.45, 7) is 4.45. The molecule has 0 radical (unpaired) electrons. The summed E-state index contributed by atoms with van der Waals surface area (Å²) >= 11 is 0. The number of hydrogen-bond donors (Lipinski definition) is 0. The number of methoxy groups -OCH3 is 1. The number of ether oxygens (including phenoxy) is 2.